The molecule has 1 aliphatic rings. The van der Waals surface area contributed by atoms with E-state index >= 15 is 0 Å². The molecule has 1 N–H and O–H groups in total. The molecule has 1 fully saturated rings. The Labute approximate surface area is 152 Å². The van der Waals surface area contributed by atoms with Crippen molar-refractivity contribution in [1.82, 2.24) is 10.1 Å². The van der Waals surface area contributed by atoms with Gasteiger partial charge in [-0.1, -0.05) is 34.4 Å². The summed E-state index contributed by atoms with van der Waals surface area (Å²) in [6.07, 6.45) is -0.277. The van der Waals surface area contributed by atoms with Gasteiger partial charge < -0.3 is 14.5 Å². The van der Waals surface area contributed by atoms with Gasteiger partial charge in [0, 0.05) is 18.5 Å². The number of amides is 1. The second-order valence-electron chi connectivity index (χ2n) is 5.81. The lowest BCUT2D eigenvalue weighted by molar-refractivity contribution is -0.149. The van der Waals surface area contributed by atoms with Gasteiger partial charge in [-0.15, -0.1) is 0 Å². The van der Waals surface area contributed by atoms with Gasteiger partial charge in [-0.3, -0.25) is 4.79 Å². The average molecular weight is 387 g/mol. The molecule has 1 saturated heterocycles. The quantitative estimate of drug-likeness (QED) is 0.870. The van der Waals surface area contributed by atoms with Crippen LogP contribution in [0.5, 0.6) is 0 Å². The minimum Gasteiger partial charge on any atom is -0.479 e. The molecule has 1 atom stereocenters. The number of hydrogen-bond donors (Lipinski definition) is 1. The van der Waals surface area contributed by atoms with Crippen molar-refractivity contribution in [3.05, 3.63) is 39.6 Å². The van der Waals surface area contributed by atoms with E-state index in [9.17, 15) is 14.0 Å². The average Bonchev–Trinajstić information content (AvgIpc) is 3.12. The van der Waals surface area contributed by atoms with Crippen LogP contribution < -0.4 is 0 Å². The molecule has 1 amide bonds. The van der Waals surface area contributed by atoms with E-state index in [2.05, 4.69) is 5.16 Å². The van der Waals surface area contributed by atoms with Gasteiger partial charge in [0.25, 0.3) is 5.91 Å². The molecule has 0 spiro atoms. The van der Waals surface area contributed by atoms with Crippen molar-refractivity contribution in [3.63, 3.8) is 0 Å². The molecule has 0 bridgehead atoms. The highest BCUT2D eigenvalue weighted by Gasteiger charge is 2.47. The molecule has 3 rings (SSSR count). The minimum atomic E-state index is -2.46. The van der Waals surface area contributed by atoms with Crippen LogP contribution in [0.2, 0.25) is 10.0 Å². The van der Waals surface area contributed by atoms with Crippen LogP contribution in [0.4, 0.5) is 4.39 Å². The summed E-state index contributed by atoms with van der Waals surface area (Å²) in [5, 5.41) is 13.4. The zero-order valence-electron chi connectivity index (χ0n) is 13.1. The zero-order valence-corrected chi connectivity index (χ0v) is 14.6. The molecule has 0 saturated carbocycles. The van der Waals surface area contributed by atoms with Gasteiger partial charge in [-0.2, -0.15) is 0 Å². The van der Waals surface area contributed by atoms with Crippen molar-refractivity contribution in [2.45, 2.75) is 19.0 Å². The van der Waals surface area contributed by atoms with Gasteiger partial charge >= 0.3 is 5.97 Å². The van der Waals surface area contributed by atoms with E-state index in [1.807, 2.05) is 0 Å². The molecule has 1 aromatic carbocycles. The molecule has 2 heterocycles. The Hall–Kier alpha value is -2.12. The van der Waals surface area contributed by atoms with Crippen LogP contribution in [-0.4, -0.2) is 45.8 Å². The number of carboxylic acid groups (broad SMARTS) is 1. The predicted molar refractivity (Wildman–Crippen MR) is 88.7 cm³/mol. The van der Waals surface area contributed by atoms with Crippen LogP contribution in [0, 0.1) is 6.92 Å². The number of benzene rings is 1. The molecule has 1 aromatic heterocycles. The van der Waals surface area contributed by atoms with Crippen LogP contribution in [0.3, 0.4) is 0 Å². The van der Waals surface area contributed by atoms with E-state index in [0.29, 0.717) is 5.56 Å². The number of rotatable bonds is 3. The van der Waals surface area contributed by atoms with Crippen molar-refractivity contribution in [2.24, 2.45) is 0 Å². The maximum Gasteiger partial charge on any atom is 0.343 e. The summed E-state index contributed by atoms with van der Waals surface area (Å²) in [7, 11) is 0. The lowest BCUT2D eigenvalue weighted by Crippen LogP contribution is -2.39. The van der Waals surface area contributed by atoms with Crippen molar-refractivity contribution < 1.29 is 23.6 Å². The first-order valence-corrected chi connectivity index (χ1v) is 8.12. The van der Waals surface area contributed by atoms with Crippen LogP contribution in [0.15, 0.2) is 22.7 Å². The number of nitrogens with zero attached hydrogens (tertiary/aromatic N) is 2. The molecule has 25 heavy (non-hydrogen) atoms. The molecule has 132 valence electrons. The lowest BCUT2D eigenvalue weighted by atomic mass is 10.0. The van der Waals surface area contributed by atoms with Crippen molar-refractivity contribution >= 4 is 35.1 Å². The number of carbonyl (C=O) groups excluding carboxylic acids is 1. The zero-order chi connectivity index (χ0) is 18.4. The SMILES string of the molecule is Cc1onc(-c2c(Cl)cccc2Cl)c1C(=O)N1CCC(F)(C(=O)O)C1. The third-order valence-corrected chi connectivity index (χ3v) is 4.80. The van der Waals surface area contributed by atoms with E-state index in [1.54, 1.807) is 18.2 Å². The third kappa shape index (κ3) is 2.98. The summed E-state index contributed by atoms with van der Waals surface area (Å²) in [5.74, 6) is -1.95. The number of aryl methyl sites for hydroxylation is 1. The first kappa shape index (κ1) is 17.7. The maximum atomic E-state index is 14.3. The molecule has 0 radical (unpaired) electrons. The second kappa shape index (κ2) is 6.31. The summed E-state index contributed by atoms with van der Waals surface area (Å²) >= 11 is 12.3. The molecular formula is C16H13Cl2FN2O4. The first-order chi connectivity index (χ1) is 11.7. The van der Waals surface area contributed by atoms with E-state index in [0.717, 1.165) is 4.90 Å². The standard InChI is InChI=1S/C16H13Cl2FN2O4/c1-8-11(14(22)21-6-5-16(19,7-21)15(23)24)13(20-25-8)12-9(17)3-2-4-10(12)18/h2-4H,5-7H2,1H3,(H,23,24). The van der Waals surface area contributed by atoms with Crippen LogP contribution in [0.25, 0.3) is 11.3 Å². The van der Waals surface area contributed by atoms with Crippen LogP contribution in [-0.2, 0) is 4.79 Å². The van der Waals surface area contributed by atoms with Gasteiger partial charge in [-0.05, 0) is 19.1 Å². The van der Waals surface area contributed by atoms with E-state index in [4.69, 9.17) is 32.8 Å². The van der Waals surface area contributed by atoms with Crippen LogP contribution >= 0.6 is 23.2 Å². The number of alkyl halides is 1. The second-order valence-corrected chi connectivity index (χ2v) is 6.62. The first-order valence-electron chi connectivity index (χ1n) is 7.37. The van der Waals surface area contributed by atoms with E-state index < -0.39 is 24.1 Å². The van der Waals surface area contributed by atoms with Gasteiger partial charge in [0.05, 0.1) is 16.6 Å². The highest BCUT2D eigenvalue weighted by molar-refractivity contribution is 6.39. The Bertz CT molecular complexity index is 850. The Morgan fingerprint density at radius 1 is 1.36 bits per heavy atom. The summed E-state index contributed by atoms with van der Waals surface area (Å²) in [5.41, 5.74) is -1.90. The lowest BCUT2D eigenvalue weighted by Gasteiger charge is -2.18. The van der Waals surface area contributed by atoms with Crippen LogP contribution in [0.1, 0.15) is 22.5 Å². The fourth-order valence-electron chi connectivity index (χ4n) is 2.80. The summed E-state index contributed by atoms with van der Waals surface area (Å²) < 4.78 is 19.4. The van der Waals surface area contributed by atoms with E-state index in [-0.39, 0.29) is 40.0 Å². The van der Waals surface area contributed by atoms with Gasteiger partial charge in [0.15, 0.2) is 0 Å². The van der Waals surface area contributed by atoms with Gasteiger partial charge in [0.2, 0.25) is 5.67 Å². The van der Waals surface area contributed by atoms with Crippen molar-refractivity contribution in [2.75, 3.05) is 13.1 Å². The minimum absolute atomic E-state index is 0.0258. The topological polar surface area (TPSA) is 83.6 Å². The predicted octanol–water partition coefficient (Wildman–Crippen LogP) is 3.60. The van der Waals surface area contributed by atoms with Crippen molar-refractivity contribution in [1.29, 1.82) is 0 Å². The highest BCUT2D eigenvalue weighted by atomic mass is 35.5. The summed E-state index contributed by atoms with van der Waals surface area (Å²) in [4.78, 5) is 25.0. The third-order valence-electron chi connectivity index (χ3n) is 4.17. The number of carbonyl (C=O) groups is 2. The Kier molecular flexibility index (Phi) is 4.47. The number of likely N-dealkylation sites (tertiary alicyclic amines) is 1. The summed E-state index contributed by atoms with van der Waals surface area (Å²) in [6.45, 7) is 0.966. The Balaban J connectivity index is 2.01. The molecule has 6 nitrogen and oxygen atoms in total. The fourth-order valence-corrected chi connectivity index (χ4v) is 3.37. The fraction of sp³-hybridized carbons (Fsp3) is 0.312. The number of hydrogen-bond acceptors (Lipinski definition) is 4. The van der Waals surface area contributed by atoms with Crippen molar-refractivity contribution in [3.8, 4) is 11.3 Å². The largest absolute Gasteiger partial charge is 0.479 e. The number of carboxylic acids is 1. The number of aromatic nitrogens is 1. The molecule has 0 aliphatic carbocycles. The number of aliphatic carboxylic acids is 1. The molecule has 9 heteroatoms. The molecule has 1 aliphatic heterocycles. The summed E-state index contributed by atoms with van der Waals surface area (Å²) in [6, 6.07) is 4.83. The Morgan fingerprint density at radius 2 is 2.00 bits per heavy atom. The monoisotopic (exact) mass is 386 g/mol. The molecule has 2 aromatic rings. The van der Waals surface area contributed by atoms with Gasteiger partial charge in [0.1, 0.15) is 17.0 Å². The number of halogens is 3. The van der Waals surface area contributed by atoms with E-state index in [1.165, 1.54) is 6.92 Å². The molecular weight excluding hydrogens is 374 g/mol. The highest BCUT2D eigenvalue weighted by Crippen LogP contribution is 2.38. The molecule has 1 unspecified atom stereocenters. The Morgan fingerprint density at radius 3 is 2.56 bits per heavy atom. The normalized spacial score (nSPS) is 20.1. The maximum absolute atomic E-state index is 14.3. The smallest absolute Gasteiger partial charge is 0.343 e. The van der Waals surface area contributed by atoms with Gasteiger partial charge in [-0.25, -0.2) is 9.18 Å².